The van der Waals surface area contributed by atoms with Gasteiger partial charge in [0.15, 0.2) is 0 Å². The molecule has 9 heavy (non-hydrogen) atoms. The first-order chi connectivity index (χ1) is 4.00. The molecule has 0 saturated carbocycles. The maximum Gasteiger partial charge on any atom is 0.762 e. The summed E-state index contributed by atoms with van der Waals surface area (Å²) < 4.78 is 29.0. The van der Waals surface area contributed by atoms with E-state index in [2.05, 4.69) is 0 Å². The van der Waals surface area contributed by atoms with Gasteiger partial charge >= 0.3 is 13.5 Å². The second-order valence-corrected chi connectivity index (χ2v) is 1.04. The average Bonchev–Trinajstić information content (AvgIpc) is 1.65. The van der Waals surface area contributed by atoms with E-state index >= 15 is 0 Å². The maximum atomic E-state index is 9.67. The van der Waals surface area contributed by atoms with Gasteiger partial charge in [0, 0.05) is 0 Å². The van der Waals surface area contributed by atoms with E-state index < -0.39 is 13.5 Å². The Kier molecular flexibility index (Phi) is 9.66. The zero-order valence-electron chi connectivity index (χ0n) is 4.15. The van der Waals surface area contributed by atoms with Crippen LogP contribution in [0.2, 0.25) is 0 Å². The molecule has 0 aliphatic carbocycles. The Balaban J connectivity index is 0. The second kappa shape index (κ2) is 7.61. The molecule has 0 rings (SSSR count). The molecule has 7 heteroatoms. The second-order valence-electron chi connectivity index (χ2n) is 0.775. The van der Waals surface area contributed by atoms with Crippen molar-refractivity contribution < 1.29 is 22.8 Å². The van der Waals surface area contributed by atoms with Gasteiger partial charge in [-0.25, -0.2) is 0 Å². The summed E-state index contributed by atoms with van der Waals surface area (Å²) in [5.41, 5.74) is 0. The highest BCUT2D eigenvalue weighted by molar-refractivity contribution is 6.33. The topological polar surface area (TPSA) is 37.3 Å². The first-order valence-electron chi connectivity index (χ1n) is 1.70. The van der Waals surface area contributed by atoms with Crippen molar-refractivity contribution in [2.75, 3.05) is 5.88 Å². The van der Waals surface area contributed by atoms with Crippen molar-refractivity contribution in [1.82, 2.24) is 0 Å². The zero-order valence-corrected chi connectivity index (χ0v) is 4.91. The predicted molar refractivity (Wildman–Crippen MR) is 27.4 cm³/mol. The summed E-state index contributed by atoms with van der Waals surface area (Å²) in [5.74, 6) is -1.29. The molecule has 0 atom stereocenters. The Hall–Kier alpha value is -0.385. The van der Waals surface area contributed by atoms with Crippen molar-refractivity contribution in [1.29, 1.82) is 0 Å². The molecule has 0 radical (unpaired) electrons. The van der Waals surface area contributed by atoms with Crippen LogP contribution in [0.3, 0.4) is 0 Å². The van der Waals surface area contributed by atoms with Crippen molar-refractivity contribution in [3.05, 3.63) is 0 Å². The fraction of sp³-hybridized carbons (Fsp3) is 0.500. The van der Waals surface area contributed by atoms with Crippen molar-refractivity contribution in [2.45, 2.75) is 0 Å². The van der Waals surface area contributed by atoms with Crippen LogP contribution in [-0.2, 0) is 4.79 Å². The lowest BCUT2D eigenvalue weighted by atomic mass is 10.5. The lowest BCUT2D eigenvalue weighted by molar-refractivity contribution is -0.134. The van der Waals surface area contributed by atoms with Gasteiger partial charge in [0.1, 0.15) is 5.88 Å². The Labute approximate surface area is 54.8 Å². The molecule has 0 unspecified atom stereocenters. The molecule has 0 saturated heterocycles. The first kappa shape index (κ1) is 11.4. The number of hydrogen-bond acceptors (Lipinski definition) is 1. The van der Waals surface area contributed by atoms with Gasteiger partial charge in [-0.1, -0.05) is 0 Å². The van der Waals surface area contributed by atoms with Crippen LogP contribution in [0.5, 0.6) is 0 Å². The molecule has 0 amide bonds. The number of carboxylic acid groups (broad SMARTS) is 1. The molecule has 0 aliphatic rings. The number of carboxylic acids is 1. The van der Waals surface area contributed by atoms with E-state index in [1.54, 1.807) is 0 Å². The van der Waals surface area contributed by atoms with E-state index in [4.69, 9.17) is 16.7 Å². The standard InChI is InChI=1S/C2H3ClO2.BF3/c3-1-2(4)5;2-1(3)4/h1H2,(H,4,5);. The van der Waals surface area contributed by atoms with Gasteiger partial charge in [0.05, 0.1) is 0 Å². The third-order valence-corrected chi connectivity index (χ3v) is 0.343. The molecule has 0 aliphatic heterocycles. The van der Waals surface area contributed by atoms with E-state index in [9.17, 15) is 17.7 Å². The summed E-state index contributed by atoms with van der Waals surface area (Å²) in [4.78, 5) is 9.24. The van der Waals surface area contributed by atoms with Gasteiger partial charge in [0.25, 0.3) is 0 Å². The minimum absolute atomic E-state index is 0.306. The van der Waals surface area contributed by atoms with Gasteiger partial charge in [-0.05, 0) is 0 Å². The quantitative estimate of drug-likeness (QED) is 0.464. The van der Waals surface area contributed by atoms with Crippen LogP contribution in [-0.4, -0.2) is 24.5 Å². The molecule has 0 aromatic carbocycles. The minimum atomic E-state index is -3.67. The van der Waals surface area contributed by atoms with Crippen molar-refractivity contribution >= 4 is 25.1 Å². The third-order valence-electron chi connectivity index (χ3n) is 0.114. The molecule has 2 nitrogen and oxygen atoms in total. The summed E-state index contributed by atoms with van der Waals surface area (Å²) in [6.45, 7) is 0. The summed E-state index contributed by atoms with van der Waals surface area (Å²) in [5, 5.41) is 7.59. The number of carbonyl (C=O) groups is 1. The van der Waals surface area contributed by atoms with E-state index in [1.165, 1.54) is 0 Å². The number of halogens is 4. The SMILES string of the molecule is FB(F)F.O=C(O)CCl. The molecule has 0 spiro atoms. The molecule has 1 N–H and O–H groups in total. The summed E-state index contributed by atoms with van der Waals surface area (Å²) in [6.07, 6.45) is 0. The van der Waals surface area contributed by atoms with Crippen molar-refractivity contribution in [2.24, 2.45) is 0 Å². The number of rotatable bonds is 1. The Morgan fingerprint density at radius 1 is 1.56 bits per heavy atom. The van der Waals surface area contributed by atoms with Gasteiger partial charge in [0.2, 0.25) is 0 Å². The summed E-state index contributed by atoms with van der Waals surface area (Å²) >= 11 is 4.74. The van der Waals surface area contributed by atoms with Gasteiger partial charge < -0.3 is 5.11 Å². The predicted octanol–water partition coefficient (Wildman–Crippen LogP) is 1.19. The number of aliphatic carboxylic acids is 1. The molecular formula is C2H3BClF3O2. The fourth-order valence-corrected chi connectivity index (χ4v) is 0. The van der Waals surface area contributed by atoms with Gasteiger partial charge in [-0.15, -0.1) is 11.6 Å². The Morgan fingerprint density at radius 3 is 1.67 bits per heavy atom. The van der Waals surface area contributed by atoms with E-state index in [1.807, 2.05) is 0 Å². The monoisotopic (exact) mass is 162 g/mol. The molecule has 0 heterocycles. The average molecular weight is 162 g/mol. The third kappa shape index (κ3) is 92.1. The molecule has 0 bridgehead atoms. The number of alkyl halides is 1. The van der Waals surface area contributed by atoms with Crippen molar-refractivity contribution in [3.8, 4) is 0 Å². The zero-order chi connectivity index (χ0) is 7.86. The van der Waals surface area contributed by atoms with Crippen LogP contribution in [0.4, 0.5) is 12.9 Å². The Bertz CT molecular complexity index is 77.5. The van der Waals surface area contributed by atoms with E-state index in [0.717, 1.165) is 0 Å². The highest BCUT2D eigenvalue weighted by atomic mass is 35.5. The summed E-state index contributed by atoms with van der Waals surface area (Å²) in [7, 11) is -3.67. The molecule has 0 fully saturated rings. The van der Waals surface area contributed by atoms with Crippen LogP contribution < -0.4 is 0 Å². The van der Waals surface area contributed by atoms with Crippen LogP contribution in [0, 0.1) is 0 Å². The molecular weight excluding hydrogens is 159 g/mol. The minimum Gasteiger partial charge on any atom is -0.480 e. The Morgan fingerprint density at radius 2 is 1.67 bits per heavy atom. The largest absolute Gasteiger partial charge is 0.762 e. The van der Waals surface area contributed by atoms with Crippen LogP contribution in [0.15, 0.2) is 0 Å². The fourth-order valence-electron chi connectivity index (χ4n) is 0. The first-order valence-corrected chi connectivity index (χ1v) is 2.24. The van der Waals surface area contributed by atoms with Gasteiger partial charge in [-0.2, -0.15) is 0 Å². The van der Waals surface area contributed by atoms with Crippen LogP contribution in [0.25, 0.3) is 0 Å². The highest BCUT2D eigenvalue weighted by Crippen LogP contribution is 1.80. The van der Waals surface area contributed by atoms with Crippen LogP contribution in [0.1, 0.15) is 0 Å². The van der Waals surface area contributed by atoms with E-state index in [-0.39, 0.29) is 5.88 Å². The highest BCUT2D eigenvalue weighted by Gasteiger charge is 2.06. The lowest BCUT2D eigenvalue weighted by Gasteiger charge is -1.69. The normalized spacial score (nSPS) is 7.11. The van der Waals surface area contributed by atoms with Gasteiger partial charge in [-0.3, -0.25) is 17.7 Å². The smallest absolute Gasteiger partial charge is 0.480 e. The van der Waals surface area contributed by atoms with Crippen molar-refractivity contribution in [3.63, 3.8) is 0 Å². The maximum absolute atomic E-state index is 9.67. The lowest BCUT2D eigenvalue weighted by Crippen LogP contribution is -1.92. The van der Waals surface area contributed by atoms with Crippen LogP contribution >= 0.6 is 11.6 Å². The molecule has 0 aromatic heterocycles. The van der Waals surface area contributed by atoms with E-state index in [0.29, 0.717) is 0 Å². The molecule has 0 aromatic rings. The summed E-state index contributed by atoms with van der Waals surface area (Å²) in [6, 6.07) is 0. The molecule has 54 valence electrons. The number of hydrogen-bond donors (Lipinski definition) is 1.